The zero-order valence-electron chi connectivity index (χ0n) is 9.01. The van der Waals surface area contributed by atoms with Crippen molar-refractivity contribution in [3.63, 3.8) is 0 Å². The Kier molecular flexibility index (Phi) is 3.12. The Morgan fingerprint density at radius 2 is 2.11 bits per heavy atom. The fourth-order valence-corrected chi connectivity index (χ4v) is 2.38. The van der Waals surface area contributed by atoms with Gasteiger partial charge in [-0.25, -0.2) is 9.18 Å². The fourth-order valence-electron chi connectivity index (χ4n) is 1.57. The SMILES string of the molecule is Nc1cc(-c2ccc(C=O)s2)cc(F)c1C(=O)O. The Morgan fingerprint density at radius 1 is 1.39 bits per heavy atom. The third kappa shape index (κ3) is 2.10. The normalized spacial score (nSPS) is 10.3. The van der Waals surface area contributed by atoms with Crippen molar-refractivity contribution in [1.82, 2.24) is 0 Å². The lowest BCUT2D eigenvalue weighted by molar-refractivity contribution is 0.0693. The number of rotatable bonds is 3. The molecule has 1 aromatic heterocycles. The molecule has 2 aromatic rings. The Bertz CT molecular complexity index is 613. The number of thiophene rings is 1. The molecule has 0 aliphatic rings. The Morgan fingerprint density at radius 3 is 2.61 bits per heavy atom. The Labute approximate surface area is 105 Å². The maximum Gasteiger partial charge on any atom is 0.340 e. The van der Waals surface area contributed by atoms with Crippen LogP contribution in [-0.4, -0.2) is 17.4 Å². The first-order valence-electron chi connectivity index (χ1n) is 4.90. The quantitative estimate of drug-likeness (QED) is 0.660. The second-order valence-electron chi connectivity index (χ2n) is 3.55. The summed E-state index contributed by atoms with van der Waals surface area (Å²) < 4.78 is 13.6. The van der Waals surface area contributed by atoms with Crippen molar-refractivity contribution in [2.75, 3.05) is 5.73 Å². The number of nitrogens with two attached hydrogens (primary N) is 1. The van der Waals surface area contributed by atoms with Crippen LogP contribution < -0.4 is 5.73 Å². The summed E-state index contributed by atoms with van der Waals surface area (Å²) in [6, 6.07) is 5.74. The summed E-state index contributed by atoms with van der Waals surface area (Å²) in [4.78, 5) is 22.5. The highest BCUT2D eigenvalue weighted by Crippen LogP contribution is 2.31. The molecule has 0 saturated heterocycles. The molecule has 0 amide bonds. The van der Waals surface area contributed by atoms with Crippen LogP contribution in [0.15, 0.2) is 24.3 Å². The van der Waals surface area contributed by atoms with Gasteiger partial charge >= 0.3 is 5.97 Å². The van der Waals surface area contributed by atoms with Crippen molar-refractivity contribution in [3.05, 3.63) is 40.5 Å². The van der Waals surface area contributed by atoms with E-state index in [0.29, 0.717) is 21.6 Å². The maximum atomic E-state index is 13.6. The highest BCUT2D eigenvalue weighted by molar-refractivity contribution is 7.17. The molecule has 92 valence electrons. The van der Waals surface area contributed by atoms with Gasteiger partial charge in [-0.3, -0.25) is 4.79 Å². The van der Waals surface area contributed by atoms with E-state index in [1.54, 1.807) is 12.1 Å². The van der Waals surface area contributed by atoms with Gasteiger partial charge in [0.15, 0.2) is 6.29 Å². The largest absolute Gasteiger partial charge is 0.478 e. The van der Waals surface area contributed by atoms with Crippen molar-refractivity contribution in [2.24, 2.45) is 0 Å². The van der Waals surface area contributed by atoms with Gasteiger partial charge < -0.3 is 10.8 Å². The van der Waals surface area contributed by atoms with Gasteiger partial charge in [0.05, 0.1) is 4.88 Å². The lowest BCUT2D eigenvalue weighted by Gasteiger charge is -2.05. The Balaban J connectivity index is 2.54. The number of aldehydes is 1. The summed E-state index contributed by atoms with van der Waals surface area (Å²) in [6.07, 6.45) is 0.694. The molecule has 3 N–H and O–H groups in total. The van der Waals surface area contributed by atoms with E-state index in [0.717, 1.165) is 6.07 Å². The number of carboxylic acid groups (broad SMARTS) is 1. The number of anilines is 1. The molecule has 0 radical (unpaired) electrons. The van der Waals surface area contributed by atoms with Gasteiger partial charge in [0.2, 0.25) is 0 Å². The second kappa shape index (κ2) is 4.58. The molecule has 18 heavy (non-hydrogen) atoms. The molecule has 1 heterocycles. The van der Waals surface area contributed by atoms with E-state index in [1.165, 1.54) is 17.4 Å². The van der Waals surface area contributed by atoms with Crippen LogP contribution in [-0.2, 0) is 0 Å². The Hall–Kier alpha value is -2.21. The van der Waals surface area contributed by atoms with Crippen molar-refractivity contribution in [2.45, 2.75) is 0 Å². The second-order valence-corrected chi connectivity index (χ2v) is 4.66. The summed E-state index contributed by atoms with van der Waals surface area (Å²) in [5, 5.41) is 8.79. The van der Waals surface area contributed by atoms with Gasteiger partial charge in [0.25, 0.3) is 0 Å². The highest BCUT2D eigenvalue weighted by Gasteiger charge is 2.16. The van der Waals surface area contributed by atoms with Crippen LogP contribution >= 0.6 is 11.3 Å². The van der Waals surface area contributed by atoms with Crippen LogP contribution in [0.1, 0.15) is 20.0 Å². The number of hydrogen-bond donors (Lipinski definition) is 2. The third-order valence-electron chi connectivity index (χ3n) is 2.36. The van der Waals surface area contributed by atoms with E-state index in [2.05, 4.69) is 0 Å². The van der Waals surface area contributed by atoms with Crippen LogP contribution in [0.3, 0.4) is 0 Å². The minimum atomic E-state index is -1.41. The van der Waals surface area contributed by atoms with Gasteiger partial charge in [0, 0.05) is 10.6 Å². The molecular formula is C12H8FNO3S. The maximum absolute atomic E-state index is 13.6. The predicted octanol–water partition coefficient (Wildman–Crippen LogP) is 2.65. The van der Waals surface area contributed by atoms with Gasteiger partial charge in [0.1, 0.15) is 11.4 Å². The fraction of sp³-hybridized carbons (Fsp3) is 0. The van der Waals surface area contributed by atoms with Crippen molar-refractivity contribution < 1.29 is 19.1 Å². The first-order chi connectivity index (χ1) is 8.52. The molecule has 0 unspecified atom stereocenters. The number of carbonyl (C=O) groups is 2. The molecule has 0 aliphatic heterocycles. The van der Waals surface area contributed by atoms with E-state index < -0.39 is 17.3 Å². The molecule has 0 aliphatic carbocycles. The van der Waals surface area contributed by atoms with Crippen LogP contribution in [0.25, 0.3) is 10.4 Å². The van der Waals surface area contributed by atoms with E-state index in [9.17, 15) is 14.0 Å². The van der Waals surface area contributed by atoms with E-state index in [-0.39, 0.29) is 5.69 Å². The predicted molar refractivity (Wildman–Crippen MR) is 66.5 cm³/mol. The molecule has 1 aromatic carbocycles. The monoisotopic (exact) mass is 265 g/mol. The smallest absolute Gasteiger partial charge is 0.340 e. The van der Waals surface area contributed by atoms with Crippen LogP contribution in [0, 0.1) is 5.82 Å². The number of carboxylic acids is 1. The van der Waals surface area contributed by atoms with Gasteiger partial charge in [-0.05, 0) is 29.8 Å². The number of benzene rings is 1. The zero-order valence-corrected chi connectivity index (χ0v) is 9.83. The van der Waals surface area contributed by atoms with Crippen molar-refractivity contribution in [3.8, 4) is 10.4 Å². The third-order valence-corrected chi connectivity index (χ3v) is 3.42. The van der Waals surface area contributed by atoms with Crippen LogP contribution in [0.2, 0.25) is 0 Å². The highest BCUT2D eigenvalue weighted by atomic mass is 32.1. The van der Waals surface area contributed by atoms with E-state index >= 15 is 0 Å². The minimum absolute atomic E-state index is 0.140. The molecule has 0 fully saturated rings. The molecular weight excluding hydrogens is 257 g/mol. The first kappa shape index (κ1) is 12.3. The van der Waals surface area contributed by atoms with Gasteiger partial charge in [-0.1, -0.05) is 0 Å². The van der Waals surface area contributed by atoms with E-state index in [4.69, 9.17) is 10.8 Å². The molecule has 4 nitrogen and oxygen atoms in total. The molecule has 0 bridgehead atoms. The van der Waals surface area contributed by atoms with Crippen molar-refractivity contribution in [1.29, 1.82) is 0 Å². The number of hydrogen-bond acceptors (Lipinski definition) is 4. The summed E-state index contributed by atoms with van der Waals surface area (Å²) in [5.41, 5.74) is 5.29. The summed E-state index contributed by atoms with van der Waals surface area (Å²) in [5.74, 6) is -2.30. The average Bonchev–Trinajstić information content (AvgIpc) is 2.75. The minimum Gasteiger partial charge on any atom is -0.478 e. The molecule has 2 rings (SSSR count). The zero-order chi connectivity index (χ0) is 13.3. The van der Waals surface area contributed by atoms with Crippen molar-refractivity contribution >= 4 is 29.3 Å². The molecule has 0 atom stereocenters. The summed E-state index contributed by atoms with van der Waals surface area (Å²) in [7, 11) is 0. The van der Waals surface area contributed by atoms with Gasteiger partial charge in [-0.2, -0.15) is 0 Å². The van der Waals surface area contributed by atoms with E-state index in [1.807, 2.05) is 0 Å². The molecule has 6 heteroatoms. The number of nitrogen functional groups attached to an aromatic ring is 1. The molecule has 0 saturated carbocycles. The summed E-state index contributed by atoms with van der Waals surface area (Å²) >= 11 is 1.18. The van der Waals surface area contributed by atoms with Gasteiger partial charge in [-0.15, -0.1) is 11.3 Å². The van der Waals surface area contributed by atoms with Crippen LogP contribution in [0.5, 0.6) is 0 Å². The van der Waals surface area contributed by atoms with Crippen LogP contribution in [0.4, 0.5) is 10.1 Å². The molecule has 0 spiro atoms. The number of aromatic carboxylic acids is 1. The first-order valence-corrected chi connectivity index (χ1v) is 5.72. The summed E-state index contributed by atoms with van der Waals surface area (Å²) in [6.45, 7) is 0. The number of halogens is 1. The average molecular weight is 265 g/mol. The topological polar surface area (TPSA) is 80.4 Å². The lowest BCUT2D eigenvalue weighted by Crippen LogP contribution is -2.05. The standard InChI is InChI=1S/C12H8FNO3S/c13-8-3-6(4-9(14)11(8)12(16)17)10-2-1-7(5-15)18-10/h1-5H,14H2,(H,16,17). The lowest BCUT2D eigenvalue weighted by atomic mass is 10.1. The number of carbonyl (C=O) groups excluding carboxylic acids is 1.